The van der Waals surface area contributed by atoms with E-state index in [1.54, 1.807) is 0 Å². The van der Waals surface area contributed by atoms with Gasteiger partial charge in [-0.05, 0) is 35.4 Å². The predicted molar refractivity (Wildman–Crippen MR) is 105 cm³/mol. The predicted octanol–water partition coefficient (Wildman–Crippen LogP) is 2.90. The molecule has 5 nitrogen and oxygen atoms in total. The van der Waals surface area contributed by atoms with Gasteiger partial charge in [-0.2, -0.15) is 0 Å². The van der Waals surface area contributed by atoms with Crippen molar-refractivity contribution in [1.82, 2.24) is 14.8 Å². The Kier molecular flexibility index (Phi) is 4.67. The van der Waals surface area contributed by atoms with Crippen LogP contribution in [0.4, 0.5) is 0 Å². The summed E-state index contributed by atoms with van der Waals surface area (Å²) in [5.74, 6) is -0.172. The lowest BCUT2D eigenvalue weighted by Crippen LogP contribution is -2.45. The summed E-state index contributed by atoms with van der Waals surface area (Å²) in [6.45, 7) is 3.53. The van der Waals surface area contributed by atoms with Crippen LogP contribution in [-0.4, -0.2) is 34.4 Å². The van der Waals surface area contributed by atoms with Crippen molar-refractivity contribution in [3.8, 4) is 0 Å². The second-order valence-corrected chi connectivity index (χ2v) is 6.98. The van der Waals surface area contributed by atoms with E-state index >= 15 is 0 Å². The number of carbonyl (C=O) groups is 2. The summed E-state index contributed by atoms with van der Waals surface area (Å²) in [5, 5.41) is 4.98. The van der Waals surface area contributed by atoms with E-state index in [0.29, 0.717) is 6.54 Å². The molecule has 1 aliphatic rings. The lowest BCUT2D eigenvalue weighted by molar-refractivity contribution is -0.135. The first-order valence-electron chi connectivity index (χ1n) is 9.31. The highest BCUT2D eigenvalue weighted by molar-refractivity contribution is 5.91. The van der Waals surface area contributed by atoms with E-state index in [-0.39, 0.29) is 30.8 Å². The summed E-state index contributed by atoms with van der Waals surface area (Å²) in [7, 11) is 0. The molecule has 1 unspecified atom stereocenters. The van der Waals surface area contributed by atoms with Gasteiger partial charge in [0.05, 0.1) is 19.0 Å². The van der Waals surface area contributed by atoms with E-state index in [9.17, 15) is 9.59 Å². The van der Waals surface area contributed by atoms with Gasteiger partial charge < -0.3 is 14.8 Å². The van der Waals surface area contributed by atoms with Gasteiger partial charge in [0.25, 0.3) is 0 Å². The Morgan fingerprint density at radius 3 is 2.74 bits per heavy atom. The summed E-state index contributed by atoms with van der Waals surface area (Å²) >= 11 is 0. The van der Waals surface area contributed by atoms with Crippen molar-refractivity contribution in [2.45, 2.75) is 25.9 Å². The van der Waals surface area contributed by atoms with Crippen molar-refractivity contribution in [3.63, 3.8) is 0 Å². The molecule has 0 fully saturated rings. The molecule has 2 aromatic carbocycles. The molecule has 0 bridgehead atoms. The Morgan fingerprint density at radius 1 is 1.04 bits per heavy atom. The number of nitrogens with one attached hydrogen (secondary N) is 1. The molecule has 5 heteroatoms. The molecule has 0 saturated heterocycles. The van der Waals surface area contributed by atoms with Crippen LogP contribution < -0.4 is 5.32 Å². The van der Waals surface area contributed by atoms with Gasteiger partial charge in [0, 0.05) is 25.0 Å². The molecule has 1 atom stereocenters. The van der Waals surface area contributed by atoms with Crippen LogP contribution in [-0.2, 0) is 22.6 Å². The lowest BCUT2D eigenvalue weighted by Gasteiger charge is -2.35. The van der Waals surface area contributed by atoms with Crippen LogP contribution in [0.15, 0.2) is 60.8 Å². The minimum Gasteiger partial charge on any atom is -0.348 e. The molecule has 0 spiro atoms. The SMILES string of the molecule is CC1c2cccn2CCN1C(=O)CNC(=O)Cc1cccc2ccccc12. The van der Waals surface area contributed by atoms with E-state index in [2.05, 4.69) is 9.88 Å². The van der Waals surface area contributed by atoms with Gasteiger partial charge in [0.1, 0.15) is 0 Å². The van der Waals surface area contributed by atoms with Gasteiger partial charge in [-0.1, -0.05) is 42.5 Å². The first-order valence-corrected chi connectivity index (χ1v) is 9.31. The van der Waals surface area contributed by atoms with Crippen LogP contribution in [0.2, 0.25) is 0 Å². The van der Waals surface area contributed by atoms with E-state index in [4.69, 9.17) is 0 Å². The summed E-state index contributed by atoms with van der Waals surface area (Å²) in [6.07, 6.45) is 2.31. The molecule has 0 saturated carbocycles. The van der Waals surface area contributed by atoms with Crippen molar-refractivity contribution < 1.29 is 9.59 Å². The first kappa shape index (κ1) is 17.3. The maximum absolute atomic E-state index is 12.6. The molecule has 2 heterocycles. The van der Waals surface area contributed by atoms with Crippen LogP contribution in [0, 0.1) is 0 Å². The van der Waals surface area contributed by atoms with Crippen molar-refractivity contribution >= 4 is 22.6 Å². The lowest BCUT2D eigenvalue weighted by atomic mass is 10.0. The smallest absolute Gasteiger partial charge is 0.242 e. The first-order chi connectivity index (χ1) is 13.1. The van der Waals surface area contributed by atoms with Crippen LogP contribution in [0.3, 0.4) is 0 Å². The zero-order chi connectivity index (χ0) is 18.8. The Labute approximate surface area is 158 Å². The monoisotopic (exact) mass is 361 g/mol. The summed E-state index contributed by atoms with van der Waals surface area (Å²) < 4.78 is 2.17. The molecule has 1 aromatic heterocycles. The average molecular weight is 361 g/mol. The molecular weight excluding hydrogens is 338 g/mol. The Balaban J connectivity index is 1.37. The minimum atomic E-state index is -0.132. The zero-order valence-electron chi connectivity index (χ0n) is 15.4. The number of hydrogen-bond donors (Lipinski definition) is 1. The van der Waals surface area contributed by atoms with Crippen LogP contribution in [0.25, 0.3) is 10.8 Å². The van der Waals surface area contributed by atoms with Gasteiger partial charge in [0.2, 0.25) is 11.8 Å². The third kappa shape index (κ3) is 3.45. The van der Waals surface area contributed by atoms with Crippen molar-refractivity contribution in [2.75, 3.05) is 13.1 Å². The summed E-state index contributed by atoms with van der Waals surface area (Å²) in [6, 6.07) is 18.0. The minimum absolute atomic E-state index is 0.0243. The van der Waals surface area contributed by atoms with Gasteiger partial charge in [-0.3, -0.25) is 9.59 Å². The Bertz CT molecular complexity index is 987. The second kappa shape index (κ2) is 7.27. The van der Waals surface area contributed by atoms with Crippen molar-refractivity contribution in [2.24, 2.45) is 0 Å². The number of nitrogens with zero attached hydrogens (tertiary/aromatic N) is 2. The second-order valence-electron chi connectivity index (χ2n) is 6.98. The Hall–Kier alpha value is -3.08. The molecule has 138 valence electrons. The molecule has 0 aliphatic carbocycles. The fraction of sp³-hybridized carbons (Fsp3) is 0.273. The molecule has 3 aromatic rings. The van der Waals surface area contributed by atoms with Crippen LogP contribution >= 0.6 is 0 Å². The number of benzene rings is 2. The molecule has 1 N–H and O–H groups in total. The van der Waals surface area contributed by atoms with E-state index in [0.717, 1.165) is 28.6 Å². The maximum Gasteiger partial charge on any atom is 0.242 e. The largest absolute Gasteiger partial charge is 0.348 e. The fourth-order valence-electron chi connectivity index (χ4n) is 3.88. The zero-order valence-corrected chi connectivity index (χ0v) is 15.4. The van der Waals surface area contributed by atoms with Crippen LogP contribution in [0.1, 0.15) is 24.2 Å². The van der Waals surface area contributed by atoms with E-state index in [1.165, 1.54) is 0 Å². The number of rotatable bonds is 4. The number of carbonyl (C=O) groups excluding carboxylic acids is 2. The quantitative estimate of drug-likeness (QED) is 0.777. The molecule has 4 rings (SSSR count). The fourth-order valence-corrected chi connectivity index (χ4v) is 3.88. The van der Waals surface area contributed by atoms with E-state index in [1.807, 2.05) is 72.6 Å². The third-order valence-electron chi connectivity index (χ3n) is 5.33. The number of amides is 2. The van der Waals surface area contributed by atoms with Crippen LogP contribution in [0.5, 0.6) is 0 Å². The summed E-state index contributed by atoms with van der Waals surface area (Å²) in [4.78, 5) is 26.8. The Morgan fingerprint density at radius 2 is 1.85 bits per heavy atom. The molecular formula is C22H23N3O2. The molecule has 1 aliphatic heterocycles. The molecule has 2 amide bonds. The number of aromatic nitrogens is 1. The van der Waals surface area contributed by atoms with Crippen molar-refractivity contribution in [1.29, 1.82) is 0 Å². The molecule has 27 heavy (non-hydrogen) atoms. The normalized spacial score (nSPS) is 16.2. The topological polar surface area (TPSA) is 54.3 Å². The van der Waals surface area contributed by atoms with Gasteiger partial charge in [-0.25, -0.2) is 0 Å². The highest BCUT2D eigenvalue weighted by Gasteiger charge is 2.27. The van der Waals surface area contributed by atoms with Gasteiger partial charge >= 0.3 is 0 Å². The van der Waals surface area contributed by atoms with Crippen molar-refractivity contribution in [3.05, 3.63) is 72.1 Å². The standard InChI is InChI=1S/C22H23N3O2/c1-16-20-10-5-11-24(20)12-13-25(16)22(27)15-23-21(26)14-18-8-4-7-17-6-2-3-9-19(17)18/h2-11,16H,12-15H2,1H3,(H,23,26). The van der Waals surface area contributed by atoms with E-state index < -0.39 is 0 Å². The number of fused-ring (bicyclic) bond motifs is 2. The highest BCUT2D eigenvalue weighted by atomic mass is 16.2. The summed E-state index contributed by atoms with van der Waals surface area (Å²) in [5.41, 5.74) is 2.11. The molecule has 0 radical (unpaired) electrons. The average Bonchev–Trinajstić information content (AvgIpc) is 3.16. The van der Waals surface area contributed by atoms with Gasteiger partial charge in [-0.15, -0.1) is 0 Å². The number of hydrogen-bond acceptors (Lipinski definition) is 2. The van der Waals surface area contributed by atoms with Gasteiger partial charge in [0.15, 0.2) is 0 Å². The maximum atomic E-state index is 12.6. The third-order valence-corrected chi connectivity index (χ3v) is 5.33. The highest BCUT2D eigenvalue weighted by Crippen LogP contribution is 2.25.